The molecule has 4 aliphatic rings. The number of fused-ring (bicyclic) bond motifs is 1. The highest BCUT2D eigenvalue weighted by atomic mass is 35.5. The van der Waals surface area contributed by atoms with Crippen molar-refractivity contribution in [1.29, 1.82) is 0 Å². The van der Waals surface area contributed by atoms with Gasteiger partial charge in [-0.15, -0.1) is 0 Å². The lowest BCUT2D eigenvalue weighted by Gasteiger charge is -2.41. The van der Waals surface area contributed by atoms with Crippen LogP contribution in [0.25, 0.3) is 0 Å². The van der Waals surface area contributed by atoms with Crippen LogP contribution in [0.15, 0.2) is 36.4 Å². The molecule has 1 atom stereocenters. The molecule has 10 nitrogen and oxygen atoms in total. The number of ether oxygens (including phenoxy) is 1. The van der Waals surface area contributed by atoms with Gasteiger partial charge >= 0.3 is 12.1 Å². The Morgan fingerprint density at radius 1 is 0.913 bits per heavy atom. The third-order valence-electron chi connectivity index (χ3n) is 10.0. The van der Waals surface area contributed by atoms with Gasteiger partial charge in [0.15, 0.2) is 6.10 Å². The van der Waals surface area contributed by atoms with Crippen molar-refractivity contribution in [3.8, 4) is 0 Å². The van der Waals surface area contributed by atoms with E-state index in [-0.39, 0.29) is 25.8 Å². The summed E-state index contributed by atoms with van der Waals surface area (Å²) >= 11 is 12.9. The molecule has 46 heavy (non-hydrogen) atoms. The van der Waals surface area contributed by atoms with Crippen molar-refractivity contribution >= 4 is 46.9 Å². The fraction of sp³-hybridized carbons (Fsp3) is 0.559. The summed E-state index contributed by atoms with van der Waals surface area (Å²) in [5.74, 6) is -0.193. The summed E-state index contributed by atoms with van der Waals surface area (Å²) in [7, 11) is 0. The number of halogens is 2. The summed E-state index contributed by atoms with van der Waals surface area (Å²) in [6.07, 6.45) is 2.97. The van der Waals surface area contributed by atoms with E-state index in [2.05, 4.69) is 15.5 Å². The Hall–Kier alpha value is -3.05. The average molecular weight is 674 g/mol. The van der Waals surface area contributed by atoms with Gasteiger partial charge in [0.05, 0.1) is 0 Å². The van der Waals surface area contributed by atoms with Crippen LogP contribution in [0.3, 0.4) is 0 Å². The molecule has 0 spiro atoms. The number of para-hydroxylation sites is 1. The molecule has 2 aromatic carbocycles. The standard InChI is InChI=1S/C34H44Cl2N6O4.H2/c1-23-28(35)20-24(21-29(23)36)22-31(32(43)40-18-16-39(17-19-40)26-6-11-37-12-7-26)46-34(45)41-13-9-27(10-14-41)42-15-8-25-4-2-3-5-30(25)38-33(42)44;/h2-5,20-21,26-27,31,37H,6-19,22H2,1H3,(H,38,44);1H/t31-;/m1./s1. The molecule has 3 saturated heterocycles. The molecule has 0 unspecified atom stereocenters. The molecule has 2 N–H and O–H groups in total. The molecule has 0 aliphatic carbocycles. The second-order valence-electron chi connectivity index (χ2n) is 12.9. The predicted molar refractivity (Wildman–Crippen MR) is 182 cm³/mol. The van der Waals surface area contributed by atoms with E-state index in [1.807, 2.05) is 41.0 Å². The van der Waals surface area contributed by atoms with Gasteiger partial charge in [0, 0.05) is 81.5 Å². The van der Waals surface area contributed by atoms with Gasteiger partial charge in [0.2, 0.25) is 0 Å². The van der Waals surface area contributed by atoms with Crippen LogP contribution in [0.2, 0.25) is 10.0 Å². The van der Waals surface area contributed by atoms with Gasteiger partial charge in [-0.3, -0.25) is 9.69 Å². The number of carbonyl (C=O) groups excluding carboxylic acids is 3. The van der Waals surface area contributed by atoms with Crippen LogP contribution in [0.1, 0.15) is 43.8 Å². The quantitative estimate of drug-likeness (QED) is 0.446. The minimum absolute atomic E-state index is 0. The molecule has 250 valence electrons. The molecule has 4 amide bonds. The van der Waals surface area contributed by atoms with E-state index < -0.39 is 12.2 Å². The first-order valence-corrected chi connectivity index (χ1v) is 17.3. The van der Waals surface area contributed by atoms with Gasteiger partial charge in [-0.25, -0.2) is 9.59 Å². The highest BCUT2D eigenvalue weighted by Gasteiger charge is 2.36. The lowest BCUT2D eigenvalue weighted by Crippen LogP contribution is -2.56. The summed E-state index contributed by atoms with van der Waals surface area (Å²) in [6, 6.07) is 11.9. The Morgan fingerprint density at radius 2 is 1.59 bits per heavy atom. The number of nitrogens with one attached hydrogen (secondary N) is 2. The maximum absolute atomic E-state index is 13.9. The molecule has 4 heterocycles. The van der Waals surface area contributed by atoms with Crippen molar-refractivity contribution in [1.82, 2.24) is 24.9 Å². The number of hydrogen-bond donors (Lipinski definition) is 2. The van der Waals surface area contributed by atoms with Gasteiger partial charge in [0.1, 0.15) is 0 Å². The summed E-state index contributed by atoms with van der Waals surface area (Å²) < 4.78 is 6.02. The van der Waals surface area contributed by atoms with Crippen LogP contribution in [0.4, 0.5) is 15.3 Å². The second kappa shape index (κ2) is 14.8. The van der Waals surface area contributed by atoms with E-state index in [1.165, 1.54) is 0 Å². The van der Waals surface area contributed by atoms with Crippen LogP contribution >= 0.6 is 23.2 Å². The Kier molecular flexibility index (Phi) is 10.6. The van der Waals surface area contributed by atoms with Crippen LogP contribution in [0.5, 0.6) is 0 Å². The summed E-state index contributed by atoms with van der Waals surface area (Å²) in [5, 5.41) is 7.49. The molecule has 0 saturated carbocycles. The number of likely N-dealkylation sites (tertiary alicyclic amines) is 1. The maximum atomic E-state index is 13.9. The van der Waals surface area contributed by atoms with E-state index in [9.17, 15) is 14.4 Å². The molecule has 2 aromatic rings. The monoisotopic (exact) mass is 672 g/mol. The van der Waals surface area contributed by atoms with Crippen LogP contribution < -0.4 is 10.6 Å². The van der Waals surface area contributed by atoms with Crippen molar-refractivity contribution in [2.24, 2.45) is 0 Å². The molecule has 4 aliphatic heterocycles. The number of hydrogen-bond acceptors (Lipinski definition) is 6. The number of nitrogens with zero attached hydrogens (tertiary/aromatic N) is 4. The molecule has 6 rings (SSSR count). The van der Waals surface area contributed by atoms with Gasteiger partial charge in [-0.2, -0.15) is 0 Å². The molecule has 0 bridgehead atoms. The average Bonchev–Trinajstić information content (AvgIpc) is 3.25. The third kappa shape index (κ3) is 7.56. The van der Waals surface area contributed by atoms with Crippen molar-refractivity contribution in [3.63, 3.8) is 0 Å². The lowest BCUT2D eigenvalue weighted by atomic mass is 10.0. The van der Waals surface area contributed by atoms with Crippen molar-refractivity contribution < 1.29 is 20.5 Å². The zero-order chi connectivity index (χ0) is 32.2. The molecule has 0 radical (unpaired) electrons. The number of piperidine rings is 2. The van der Waals surface area contributed by atoms with Gasteiger partial charge in [-0.05, 0) is 87.0 Å². The smallest absolute Gasteiger partial charge is 0.410 e. The first kappa shape index (κ1) is 32.9. The number of amides is 4. The lowest BCUT2D eigenvalue weighted by molar-refractivity contribution is -0.143. The van der Waals surface area contributed by atoms with Crippen molar-refractivity contribution in [3.05, 3.63) is 63.1 Å². The van der Waals surface area contributed by atoms with Crippen LogP contribution in [-0.4, -0.2) is 115 Å². The molecular formula is C34H46Cl2N6O4. The largest absolute Gasteiger partial charge is 0.436 e. The molecular weight excluding hydrogens is 627 g/mol. The number of carbonyl (C=O) groups is 3. The molecule has 0 aromatic heterocycles. The van der Waals surface area contributed by atoms with Gasteiger partial charge < -0.3 is 30.1 Å². The number of anilines is 1. The number of piperazine rings is 1. The normalized spacial score (nSPS) is 20.9. The molecule has 3 fully saturated rings. The van der Waals surface area contributed by atoms with Crippen LogP contribution in [0, 0.1) is 6.92 Å². The number of urea groups is 1. The van der Waals surface area contributed by atoms with E-state index >= 15 is 0 Å². The minimum Gasteiger partial charge on any atom is -0.436 e. The topological polar surface area (TPSA) is 97.5 Å². The highest BCUT2D eigenvalue weighted by Crippen LogP contribution is 2.28. The first-order chi connectivity index (χ1) is 22.3. The van der Waals surface area contributed by atoms with E-state index in [1.54, 1.807) is 17.0 Å². The van der Waals surface area contributed by atoms with Crippen molar-refractivity contribution in [2.45, 2.75) is 63.6 Å². The Balaban J connectivity index is 0.00000433. The van der Waals surface area contributed by atoms with E-state index in [0.29, 0.717) is 61.7 Å². The number of rotatable bonds is 6. The Bertz CT molecular complexity index is 1400. The van der Waals surface area contributed by atoms with Crippen LogP contribution in [-0.2, 0) is 22.4 Å². The fourth-order valence-electron chi connectivity index (χ4n) is 7.19. The summed E-state index contributed by atoms with van der Waals surface area (Å²) in [5.41, 5.74) is 3.49. The zero-order valence-electron chi connectivity index (χ0n) is 26.5. The van der Waals surface area contributed by atoms with Crippen molar-refractivity contribution in [2.75, 3.05) is 64.2 Å². The minimum atomic E-state index is -1.000. The van der Waals surface area contributed by atoms with E-state index in [0.717, 1.165) is 67.8 Å². The predicted octanol–water partition coefficient (Wildman–Crippen LogP) is 5.05. The second-order valence-corrected chi connectivity index (χ2v) is 13.7. The van der Waals surface area contributed by atoms with Gasteiger partial charge in [0.25, 0.3) is 5.91 Å². The Morgan fingerprint density at radius 3 is 2.28 bits per heavy atom. The number of benzene rings is 2. The third-order valence-corrected chi connectivity index (χ3v) is 10.8. The zero-order valence-corrected chi connectivity index (χ0v) is 28.0. The summed E-state index contributed by atoms with van der Waals surface area (Å²) in [4.78, 5) is 48.4. The molecule has 12 heteroatoms. The van der Waals surface area contributed by atoms with E-state index in [4.69, 9.17) is 27.9 Å². The Labute approximate surface area is 282 Å². The first-order valence-electron chi connectivity index (χ1n) is 16.6. The maximum Gasteiger partial charge on any atom is 0.410 e. The fourth-order valence-corrected chi connectivity index (χ4v) is 7.72. The van der Waals surface area contributed by atoms with Gasteiger partial charge in [-0.1, -0.05) is 41.4 Å². The highest BCUT2D eigenvalue weighted by molar-refractivity contribution is 6.36. The SMILES string of the molecule is Cc1c(Cl)cc(C[C@@H](OC(=O)N2CCC(N3CCc4ccccc4NC3=O)CC2)C(=O)N2CCN(C3CCNCC3)CC2)cc1Cl.[HH]. The summed E-state index contributed by atoms with van der Waals surface area (Å²) in [6.45, 7) is 8.22.